The molecule has 0 saturated heterocycles. The first-order valence-electron chi connectivity index (χ1n) is 7.65. The van der Waals surface area contributed by atoms with Crippen LogP contribution in [0.25, 0.3) is 10.8 Å². The van der Waals surface area contributed by atoms with Crippen LogP contribution in [-0.4, -0.2) is 30.4 Å². The molecule has 0 radical (unpaired) electrons. The molecule has 2 aromatic carbocycles. The van der Waals surface area contributed by atoms with E-state index in [1.165, 1.54) is 16.3 Å². The second-order valence-electron chi connectivity index (χ2n) is 5.85. The SMILES string of the molecule is CNCC(=O)N(C1CC1)C(C)c1ccc2ccccc2c1.Cl. The minimum Gasteiger partial charge on any atom is -0.332 e. The van der Waals surface area contributed by atoms with Gasteiger partial charge >= 0.3 is 0 Å². The minimum absolute atomic E-state index is 0. The van der Waals surface area contributed by atoms with Crippen molar-refractivity contribution in [2.45, 2.75) is 31.8 Å². The van der Waals surface area contributed by atoms with Gasteiger partial charge in [0.1, 0.15) is 0 Å². The third-order valence-corrected chi connectivity index (χ3v) is 4.23. The Morgan fingerprint density at radius 1 is 1.23 bits per heavy atom. The van der Waals surface area contributed by atoms with Crippen LogP contribution in [0.4, 0.5) is 0 Å². The molecule has 0 spiro atoms. The van der Waals surface area contributed by atoms with Gasteiger partial charge in [-0.15, -0.1) is 12.4 Å². The van der Waals surface area contributed by atoms with E-state index < -0.39 is 0 Å². The lowest BCUT2D eigenvalue weighted by Crippen LogP contribution is -2.40. The molecule has 0 aromatic heterocycles. The quantitative estimate of drug-likeness (QED) is 0.914. The van der Waals surface area contributed by atoms with E-state index in [2.05, 4.69) is 59.6 Å². The molecular weight excluding hydrogens is 296 g/mol. The summed E-state index contributed by atoms with van der Waals surface area (Å²) in [5, 5.41) is 5.45. The number of fused-ring (bicyclic) bond motifs is 1. The lowest BCUT2D eigenvalue weighted by molar-refractivity contribution is -0.133. The Hall–Kier alpha value is -1.58. The van der Waals surface area contributed by atoms with Gasteiger partial charge in [-0.2, -0.15) is 0 Å². The second kappa shape index (κ2) is 7.12. The number of carbonyl (C=O) groups is 1. The van der Waals surface area contributed by atoms with Crippen LogP contribution in [0.2, 0.25) is 0 Å². The molecule has 1 atom stereocenters. The Bertz CT molecular complexity index is 654. The largest absolute Gasteiger partial charge is 0.332 e. The van der Waals surface area contributed by atoms with Gasteiger partial charge in [0, 0.05) is 6.04 Å². The average Bonchev–Trinajstić information content (AvgIpc) is 3.32. The lowest BCUT2D eigenvalue weighted by Gasteiger charge is -2.30. The molecule has 1 amide bonds. The Labute approximate surface area is 138 Å². The fourth-order valence-electron chi connectivity index (χ4n) is 2.96. The number of halogens is 1. The Morgan fingerprint density at radius 2 is 1.91 bits per heavy atom. The smallest absolute Gasteiger partial charge is 0.237 e. The van der Waals surface area contributed by atoms with Crippen molar-refractivity contribution in [1.82, 2.24) is 10.2 Å². The highest BCUT2D eigenvalue weighted by atomic mass is 35.5. The molecule has 3 rings (SSSR count). The highest BCUT2D eigenvalue weighted by molar-refractivity contribution is 5.85. The van der Waals surface area contributed by atoms with Crippen molar-refractivity contribution < 1.29 is 4.79 Å². The summed E-state index contributed by atoms with van der Waals surface area (Å²) in [6, 6.07) is 15.4. The maximum absolute atomic E-state index is 12.4. The zero-order chi connectivity index (χ0) is 14.8. The number of hydrogen-bond donors (Lipinski definition) is 1. The van der Waals surface area contributed by atoms with Gasteiger partial charge in [0.25, 0.3) is 0 Å². The number of carbonyl (C=O) groups excluding carboxylic acids is 1. The summed E-state index contributed by atoms with van der Waals surface area (Å²) in [5.41, 5.74) is 1.21. The fraction of sp³-hybridized carbons (Fsp3) is 0.389. The number of amides is 1. The summed E-state index contributed by atoms with van der Waals surface area (Å²) >= 11 is 0. The first-order chi connectivity index (χ1) is 10.2. The van der Waals surface area contributed by atoms with Gasteiger partial charge in [-0.25, -0.2) is 0 Å². The van der Waals surface area contributed by atoms with Crippen LogP contribution >= 0.6 is 12.4 Å². The molecule has 3 nitrogen and oxygen atoms in total. The van der Waals surface area contributed by atoms with Crippen LogP contribution in [-0.2, 0) is 4.79 Å². The van der Waals surface area contributed by atoms with E-state index in [0.717, 1.165) is 12.8 Å². The summed E-state index contributed by atoms with van der Waals surface area (Å²) in [6.45, 7) is 2.55. The van der Waals surface area contributed by atoms with E-state index in [4.69, 9.17) is 0 Å². The Morgan fingerprint density at radius 3 is 2.55 bits per heavy atom. The first-order valence-corrected chi connectivity index (χ1v) is 7.65. The van der Waals surface area contributed by atoms with Gasteiger partial charge in [0.05, 0.1) is 12.6 Å². The van der Waals surface area contributed by atoms with E-state index in [1.54, 1.807) is 0 Å². The fourth-order valence-corrected chi connectivity index (χ4v) is 2.96. The van der Waals surface area contributed by atoms with E-state index in [0.29, 0.717) is 12.6 Å². The Balaban J connectivity index is 0.00000176. The van der Waals surface area contributed by atoms with Crippen molar-refractivity contribution in [1.29, 1.82) is 0 Å². The number of nitrogens with one attached hydrogen (secondary N) is 1. The predicted octanol–water partition coefficient (Wildman–Crippen LogP) is 3.53. The zero-order valence-corrected chi connectivity index (χ0v) is 13.9. The highest BCUT2D eigenvalue weighted by Crippen LogP contribution is 2.35. The molecule has 1 aliphatic rings. The van der Waals surface area contributed by atoms with Crippen LogP contribution in [0.1, 0.15) is 31.4 Å². The van der Waals surface area contributed by atoms with Gasteiger partial charge < -0.3 is 10.2 Å². The molecule has 1 saturated carbocycles. The molecule has 0 bridgehead atoms. The van der Waals surface area contributed by atoms with Crippen LogP contribution in [0.5, 0.6) is 0 Å². The van der Waals surface area contributed by atoms with Gasteiger partial charge in [-0.3, -0.25) is 4.79 Å². The number of nitrogens with zero attached hydrogens (tertiary/aromatic N) is 1. The van der Waals surface area contributed by atoms with Gasteiger partial charge in [0.15, 0.2) is 0 Å². The number of rotatable bonds is 5. The van der Waals surface area contributed by atoms with Crippen molar-refractivity contribution in [2.75, 3.05) is 13.6 Å². The summed E-state index contributed by atoms with van der Waals surface area (Å²) in [4.78, 5) is 14.4. The maximum Gasteiger partial charge on any atom is 0.237 e. The minimum atomic E-state index is 0. The normalized spacial score (nSPS) is 15.2. The van der Waals surface area contributed by atoms with Crippen LogP contribution in [0.15, 0.2) is 42.5 Å². The number of likely N-dealkylation sites (N-methyl/N-ethyl adjacent to an activating group) is 1. The molecule has 1 aliphatic carbocycles. The molecule has 1 fully saturated rings. The molecule has 118 valence electrons. The van der Waals surface area contributed by atoms with Gasteiger partial charge in [0.2, 0.25) is 5.91 Å². The summed E-state index contributed by atoms with van der Waals surface area (Å²) < 4.78 is 0. The first kappa shape index (κ1) is 16.8. The highest BCUT2D eigenvalue weighted by Gasteiger charge is 2.35. The molecule has 4 heteroatoms. The molecule has 0 heterocycles. The summed E-state index contributed by atoms with van der Waals surface area (Å²) in [5.74, 6) is 0.195. The Kier molecular flexibility index (Phi) is 5.43. The van der Waals surface area contributed by atoms with Crippen LogP contribution in [0.3, 0.4) is 0 Å². The predicted molar refractivity (Wildman–Crippen MR) is 93.4 cm³/mol. The third-order valence-electron chi connectivity index (χ3n) is 4.23. The number of benzene rings is 2. The molecule has 2 aromatic rings. The molecule has 1 N–H and O–H groups in total. The third kappa shape index (κ3) is 3.42. The molecular formula is C18H23ClN2O. The van der Waals surface area contributed by atoms with E-state index >= 15 is 0 Å². The van der Waals surface area contributed by atoms with Gasteiger partial charge in [-0.05, 0) is 49.2 Å². The van der Waals surface area contributed by atoms with Crippen LogP contribution in [0, 0.1) is 0 Å². The van der Waals surface area contributed by atoms with Crippen molar-refractivity contribution in [3.8, 4) is 0 Å². The maximum atomic E-state index is 12.4. The lowest BCUT2D eigenvalue weighted by atomic mass is 10.0. The van der Waals surface area contributed by atoms with Crippen molar-refractivity contribution in [2.24, 2.45) is 0 Å². The molecule has 1 unspecified atom stereocenters. The van der Waals surface area contributed by atoms with E-state index in [-0.39, 0.29) is 24.4 Å². The van der Waals surface area contributed by atoms with Crippen LogP contribution < -0.4 is 5.32 Å². The van der Waals surface area contributed by atoms with Gasteiger partial charge in [-0.1, -0.05) is 36.4 Å². The number of hydrogen-bond acceptors (Lipinski definition) is 2. The van der Waals surface area contributed by atoms with Crippen molar-refractivity contribution in [3.05, 3.63) is 48.0 Å². The molecule has 0 aliphatic heterocycles. The molecule has 22 heavy (non-hydrogen) atoms. The second-order valence-corrected chi connectivity index (χ2v) is 5.85. The topological polar surface area (TPSA) is 32.3 Å². The monoisotopic (exact) mass is 318 g/mol. The standard InChI is InChI=1S/C18H22N2O.ClH/c1-13(20(17-9-10-17)18(21)12-19-2)15-8-7-14-5-3-4-6-16(14)11-15;/h3-8,11,13,17,19H,9-10,12H2,1-2H3;1H. The van der Waals surface area contributed by atoms with Crippen molar-refractivity contribution in [3.63, 3.8) is 0 Å². The van der Waals surface area contributed by atoms with Crippen molar-refractivity contribution >= 4 is 29.1 Å². The van der Waals surface area contributed by atoms with E-state index in [9.17, 15) is 4.79 Å². The summed E-state index contributed by atoms with van der Waals surface area (Å²) in [6.07, 6.45) is 2.26. The average molecular weight is 319 g/mol. The zero-order valence-electron chi connectivity index (χ0n) is 13.1. The summed E-state index contributed by atoms with van der Waals surface area (Å²) in [7, 11) is 1.82. The van der Waals surface area contributed by atoms with E-state index in [1.807, 2.05) is 7.05 Å².